The Morgan fingerprint density at radius 3 is 2.38 bits per heavy atom. The standard InChI is InChI=1S/C25H25ClO3/c1-2-16-5-6-18(17-7-9-20(26)10-8-17)13-21(16)25-23(28)12-15-3-4-19(14-24(25)29)22(27)11-15/h5-10,13,15,19,29H,2-4,11-12,14H2,1H3/t15-,19?/m1/s1. The van der Waals surface area contributed by atoms with Crippen molar-refractivity contribution in [3.63, 3.8) is 0 Å². The number of ketones is 2. The number of aliphatic hydroxyl groups excluding tert-OH is 1. The van der Waals surface area contributed by atoms with Crippen molar-refractivity contribution in [3.8, 4) is 11.1 Å². The maximum absolute atomic E-state index is 13.2. The van der Waals surface area contributed by atoms with E-state index in [2.05, 4.69) is 0 Å². The summed E-state index contributed by atoms with van der Waals surface area (Å²) < 4.78 is 0. The predicted octanol–water partition coefficient (Wildman–Crippen LogP) is 6.19. The van der Waals surface area contributed by atoms with Gasteiger partial charge < -0.3 is 5.11 Å². The number of hydrogen-bond donors (Lipinski definition) is 1. The zero-order chi connectivity index (χ0) is 20.5. The molecule has 1 saturated carbocycles. The molecule has 5 rings (SSSR count). The first kappa shape index (κ1) is 19.9. The maximum Gasteiger partial charge on any atom is 0.167 e. The molecule has 2 atom stereocenters. The molecule has 29 heavy (non-hydrogen) atoms. The van der Waals surface area contributed by atoms with Crippen LogP contribution in [0.4, 0.5) is 0 Å². The first-order valence-electron chi connectivity index (χ1n) is 10.3. The van der Waals surface area contributed by atoms with E-state index in [-0.39, 0.29) is 35.6 Å². The summed E-state index contributed by atoms with van der Waals surface area (Å²) >= 11 is 6.02. The molecule has 0 radical (unpaired) electrons. The van der Waals surface area contributed by atoms with E-state index in [9.17, 15) is 14.7 Å². The molecule has 0 aliphatic heterocycles. The largest absolute Gasteiger partial charge is 0.512 e. The molecule has 150 valence electrons. The Morgan fingerprint density at radius 2 is 1.69 bits per heavy atom. The second-order valence-corrected chi connectivity index (χ2v) is 8.63. The quantitative estimate of drug-likeness (QED) is 0.659. The van der Waals surface area contributed by atoms with E-state index in [1.165, 1.54) is 0 Å². The van der Waals surface area contributed by atoms with Crippen molar-refractivity contribution < 1.29 is 14.7 Å². The molecule has 2 aromatic carbocycles. The number of benzene rings is 2. The summed E-state index contributed by atoms with van der Waals surface area (Å²) in [5.74, 6) is 0.130. The second kappa shape index (κ2) is 8.16. The third kappa shape index (κ3) is 4.02. The molecule has 0 aromatic heterocycles. The normalized spacial score (nSPS) is 22.4. The molecule has 3 aliphatic rings. The monoisotopic (exact) mass is 408 g/mol. The van der Waals surface area contributed by atoms with Crippen molar-refractivity contribution in [1.82, 2.24) is 0 Å². The molecule has 0 saturated heterocycles. The second-order valence-electron chi connectivity index (χ2n) is 8.20. The summed E-state index contributed by atoms with van der Waals surface area (Å²) in [6, 6.07) is 13.6. The minimum absolute atomic E-state index is 0.0502. The number of halogens is 1. The van der Waals surface area contributed by atoms with Crippen LogP contribution in [0.5, 0.6) is 0 Å². The van der Waals surface area contributed by atoms with Crippen molar-refractivity contribution in [2.45, 2.75) is 45.4 Å². The lowest BCUT2D eigenvalue weighted by molar-refractivity contribution is -0.126. The predicted molar refractivity (Wildman–Crippen MR) is 116 cm³/mol. The summed E-state index contributed by atoms with van der Waals surface area (Å²) in [6.07, 6.45) is 3.45. The third-order valence-electron chi connectivity index (χ3n) is 6.29. The van der Waals surface area contributed by atoms with Gasteiger partial charge in [0.25, 0.3) is 0 Å². The van der Waals surface area contributed by atoms with Crippen LogP contribution < -0.4 is 0 Å². The van der Waals surface area contributed by atoms with Crippen LogP contribution in [0.25, 0.3) is 16.7 Å². The SMILES string of the molecule is CCc1ccc(-c2ccc(Cl)cc2)cc1C1=C(O)CC2CC[C@@H](CC1=O)CC2=O. The Balaban J connectivity index is 1.83. The number of carbonyl (C=O) groups excluding carboxylic acids is 2. The van der Waals surface area contributed by atoms with Gasteiger partial charge in [0.15, 0.2) is 5.78 Å². The smallest absolute Gasteiger partial charge is 0.167 e. The summed E-state index contributed by atoms with van der Waals surface area (Å²) in [6.45, 7) is 2.05. The average Bonchev–Trinajstić information content (AvgIpc) is 2.78. The Bertz CT molecular complexity index is 988. The van der Waals surface area contributed by atoms with Gasteiger partial charge in [0.05, 0.1) is 5.57 Å². The fraction of sp³-hybridized carbons (Fsp3) is 0.360. The fourth-order valence-corrected chi connectivity index (χ4v) is 4.77. The minimum atomic E-state index is -0.170. The molecule has 3 aliphatic carbocycles. The molecule has 1 N–H and O–H groups in total. The van der Waals surface area contributed by atoms with Gasteiger partial charge in [-0.3, -0.25) is 9.59 Å². The highest BCUT2D eigenvalue weighted by Gasteiger charge is 2.35. The number of aryl methyl sites for hydroxylation is 1. The van der Waals surface area contributed by atoms with Gasteiger partial charge >= 0.3 is 0 Å². The van der Waals surface area contributed by atoms with Crippen molar-refractivity contribution in [2.75, 3.05) is 0 Å². The number of hydrogen-bond acceptors (Lipinski definition) is 3. The summed E-state index contributed by atoms with van der Waals surface area (Å²) in [4.78, 5) is 25.6. The van der Waals surface area contributed by atoms with Gasteiger partial charge in [-0.25, -0.2) is 0 Å². The van der Waals surface area contributed by atoms with Crippen LogP contribution >= 0.6 is 11.6 Å². The fourth-order valence-electron chi connectivity index (χ4n) is 4.65. The van der Waals surface area contributed by atoms with Crippen LogP contribution in [-0.4, -0.2) is 16.7 Å². The van der Waals surface area contributed by atoms with Crippen LogP contribution in [0.2, 0.25) is 5.02 Å². The number of rotatable bonds is 3. The van der Waals surface area contributed by atoms with Crippen LogP contribution in [-0.2, 0) is 16.0 Å². The van der Waals surface area contributed by atoms with Crippen LogP contribution in [0.3, 0.4) is 0 Å². The van der Waals surface area contributed by atoms with Crippen molar-refractivity contribution in [3.05, 3.63) is 64.4 Å². The lowest BCUT2D eigenvalue weighted by Crippen LogP contribution is -2.25. The van der Waals surface area contributed by atoms with E-state index in [1.807, 2.05) is 49.4 Å². The van der Waals surface area contributed by atoms with Crippen LogP contribution in [0.1, 0.15) is 50.2 Å². The van der Waals surface area contributed by atoms with Crippen LogP contribution in [0.15, 0.2) is 48.2 Å². The number of fused-ring (bicyclic) bond motifs is 5. The first-order chi connectivity index (χ1) is 14.0. The zero-order valence-electron chi connectivity index (χ0n) is 16.6. The van der Waals surface area contributed by atoms with Gasteiger partial charge in [-0.15, -0.1) is 0 Å². The topological polar surface area (TPSA) is 54.4 Å². The molecule has 1 fully saturated rings. The van der Waals surface area contributed by atoms with Gasteiger partial charge in [0.1, 0.15) is 11.5 Å². The number of carbonyl (C=O) groups is 2. The molecule has 0 heterocycles. The Kier molecular flexibility index (Phi) is 5.60. The molecular weight excluding hydrogens is 384 g/mol. The van der Waals surface area contributed by atoms with Crippen molar-refractivity contribution >= 4 is 28.7 Å². The van der Waals surface area contributed by atoms with Gasteiger partial charge in [0.2, 0.25) is 0 Å². The molecule has 1 unspecified atom stereocenters. The molecule has 2 aromatic rings. The molecule has 0 spiro atoms. The number of aliphatic hydroxyl groups is 1. The molecule has 0 amide bonds. The van der Waals surface area contributed by atoms with E-state index in [4.69, 9.17) is 11.6 Å². The first-order valence-corrected chi connectivity index (χ1v) is 10.7. The Labute approximate surface area is 176 Å². The zero-order valence-corrected chi connectivity index (χ0v) is 17.3. The van der Waals surface area contributed by atoms with Gasteiger partial charge in [0, 0.05) is 30.2 Å². The Hall–Kier alpha value is -2.39. The highest BCUT2D eigenvalue weighted by molar-refractivity contribution is 6.30. The average molecular weight is 409 g/mol. The molecule has 4 heteroatoms. The van der Waals surface area contributed by atoms with Gasteiger partial charge in [-0.05, 0) is 65.6 Å². The van der Waals surface area contributed by atoms with Gasteiger partial charge in [-0.2, -0.15) is 0 Å². The number of allylic oxidation sites excluding steroid dienone is 2. The van der Waals surface area contributed by atoms with E-state index in [1.54, 1.807) is 0 Å². The number of Topliss-reactive ketones (excluding diaryl/α,β-unsaturated/α-hetero) is 2. The van der Waals surface area contributed by atoms with E-state index in [0.717, 1.165) is 41.5 Å². The van der Waals surface area contributed by atoms with Gasteiger partial charge in [-0.1, -0.05) is 42.8 Å². The van der Waals surface area contributed by atoms with E-state index in [0.29, 0.717) is 23.4 Å². The molecule has 3 nitrogen and oxygen atoms in total. The van der Waals surface area contributed by atoms with E-state index >= 15 is 0 Å². The summed E-state index contributed by atoms with van der Waals surface area (Å²) in [5.41, 5.74) is 4.20. The summed E-state index contributed by atoms with van der Waals surface area (Å²) in [5, 5.41) is 11.6. The molecule has 2 bridgehead atoms. The van der Waals surface area contributed by atoms with Crippen molar-refractivity contribution in [1.29, 1.82) is 0 Å². The highest BCUT2D eigenvalue weighted by atomic mass is 35.5. The lowest BCUT2D eigenvalue weighted by Gasteiger charge is -2.25. The lowest BCUT2D eigenvalue weighted by atomic mass is 9.78. The van der Waals surface area contributed by atoms with E-state index < -0.39 is 0 Å². The third-order valence-corrected chi connectivity index (χ3v) is 6.54. The molecular formula is C25H25ClO3. The van der Waals surface area contributed by atoms with Crippen LogP contribution in [0, 0.1) is 11.8 Å². The maximum atomic E-state index is 13.2. The Morgan fingerprint density at radius 1 is 0.966 bits per heavy atom. The van der Waals surface area contributed by atoms with Crippen molar-refractivity contribution in [2.24, 2.45) is 11.8 Å². The minimum Gasteiger partial charge on any atom is -0.512 e. The summed E-state index contributed by atoms with van der Waals surface area (Å²) in [7, 11) is 0. The highest BCUT2D eigenvalue weighted by Crippen LogP contribution is 2.39.